The van der Waals surface area contributed by atoms with Gasteiger partial charge in [0, 0.05) is 42.3 Å². The fraction of sp³-hybridized carbons (Fsp3) is 0.263. The molecule has 0 saturated carbocycles. The predicted octanol–water partition coefficient (Wildman–Crippen LogP) is 3.33. The lowest BCUT2D eigenvalue weighted by Gasteiger charge is -2.31. The Morgan fingerprint density at radius 3 is 2.24 bits per heavy atom. The van der Waals surface area contributed by atoms with Crippen LogP contribution in [0.25, 0.3) is 0 Å². The molecular weight excluding hydrogens is 320 g/mol. The van der Waals surface area contributed by atoms with Crippen molar-refractivity contribution in [1.29, 1.82) is 0 Å². The maximum Gasteiger partial charge on any atom is 0.270 e. The van der Waals surface area contributed by atoms with E-state index in [9.17, 15) is 19.7 Å². The van der Waals surface area contributed by atoms with Crippen LogP contribution >= 0.6 is 0 Å². The molecule has 6 nitrogen and oxygen atoms in total. The Kier molecular flexibility index (Phi) is 4.88. The zero-order chi connectivity index (χ0) is 17.8. The second kappa shape index (κ2) is 7.25. The third-order valence-electron chi connectivity index (χ3n) is 4.52. The number of rotatable bonds is 4. The van der Waals surface area contributed by atoms with Crippen molar-refractivity contribution in [3.05, 3.63) is 75.8 Å². The van der Waals surface area contributed by atoms with Gasteiger partial charge < -0.3 is 4.90 Å². The number of carbonyl (C=O) groups excluding carboxylic acids is 2. The second-order valence-electron chi connectivity index (χ2n) is 6.10. The summed E-state index contributed by atoms with van der Waals surface area (Å²) in [6.07, 6.45) is 1.21. The van der Waals surface area contributed by atoms with Gasteiger partial charge in [-0.2, -0.15) is 0 Å². The number of nitro benzene ring substituents is 1. The van der Waals surface area contributed by atoms with Crippen LogP contribution < -0.4 is 0 Å². The number of piperidine rings is 1. The molecule has 0 unspecified atom stereocenters. The molecule has 0 N–H and O–H groups in total. The van der Waals surface area contributed by atoms with Gasteiger partial charge in [0.1, 0.15) is 0 Å². The highest BCUT2D eigenvalue weighted by Gasteiger charge is 2.28. The van der Waals surface area contributed by atoms with E-state index in [0.29, 0.717) is 37.1 Å². The first-order chi connectivity index (χ1) is 12.1. The SMILES string of the molecule is O=C(c1ccccc1)C1CCN(C(=O)c2cccc([N+](=O)[O-])c2)CC1. The van der Waals surface area contributed by atoms with Crippen molar-refractivity contribution in [3.8, 4) is 0 Å². The summed E-state index contributed by atoms with van der Waals surface area (Å²) >= 11 is 0. The minimum Gasteiger partial charge on any atom is -0.339 e. The fourth-order valence-corrected chi connectivity index (χ4v) is 3.12. The molecule has 1 heterocycles. The maximum absolute atomic E-state index is 12.5. The van der Waals surface area contributed by atoms with Gasteiger partial charge >= 0.3 is 0 Å². The van der Waals surface area contributed by atoms with Crippen molar-refractivity contribution in [1.82, 2.24) is 4.90 Å². The molecule has 0 atom stereocenters. The quantitative estimate of drug-likeness (QED) is 0.486. The largest absolute Gasteiger partial charge is 0.339 e. The van der Waals surface area contributed by atoms with Crippen molar-refractivity contribution in [2.24, 2.45) is 5.92 Å². The fourth-order valence-electron chi connectivity index (χ4n) is 3.12. The molecule has 128 valence electrons. The number of nitro groups is 1. The van der Waals surface area contributed by atoms with Crippen molar-refractivity contribution < 1.29 is 14.5 Å². The summed E-state index contributed by atoms with van der Waals surface area (Å²) in [5, 5.41) is 10.8. The van der Waals surface area contributed by atoms with E-state index < -0.39 is 4.92 Å². The number of nitrogens with zero attached hydrogens (tertiary/aromatic N) is 2. The Morgan fingerprint density at radius 2 is 1.60 bits per heavy atom. The van der Waals surface area contributed by atoms with E-state index in [4.69, 9.17) is 0 Å². The van der Waals surface area contributed by atoms with Crippen LogP contribution in [0.3, 0.4) is 0 Å². The van der Waals surface area contributed by atoms with E-state index in [-0.39, 0.29) is 23.3 Å². The molecule has 1 fully saturated rings. The Hall–Kier alpha value is -3.02. The maximum atomic E-state index is 12.5. The van der Waals surface area contributed by atoms with E-state index in [1.165, 1.54) is 18.2 Å². The first-order valence-corrected chi connectivity index (χ1v) is 8.19. The monoisotopic (exact) mass is 338 g/mol. The standard InChI is InChI=1S/C19H18N2O4/c22-18(14-5-2-1-3-6-14)15-9-11-20(12-10-15)19(23)16-7-4-8-17(13-16)21(24)25/h1-8,13,15H,9-12H2. The third kappa shape index (κ3) is 3.74. The Bertz CT molecular complexity index is 796. The highest BCUT2D eigenvalue weighted by molar-refractivity contribution is 5.98. The van der Waals surface area contributed by atoms with Crippen LogP contribution in [0.5, 0.6) is 0 Å². The average molecular weight is 338 g/mol. The number of Topliss-reactive ketones (excluding diaryl/α,β-unsaturated/α-hetero) is 1. The summed E-state index contributed by atoms with van der Waals surface area (Å²) in [5.41, 5.74) is 0.910. The third-order valence-corrected chi connectivity index (χ3v) is 4.52. The van der Waals surface area contributed by atoms with E-state index >= 15 is 0 Å². The molecular formula is C19H18N2O4. The normalized spacial score (nSPS) is 15.0. The first-order valence-electron chi connectivity index (χ1n) is 8.19. The molecule has 1 aliphatic heterocycles. The minimum atomic E-state index is -0.512. The van der Waals surface area contributed by atoms with Crippen LogP contribution in [0.2, 0.25) is 0 Å². The molecule has 0 radical (unpaired) electrons. The Labute approximate surface area is 145 Å². The van der Waals surface area contributed by atoms with E-state index in [0.717, 1.165) is 0 Å². The van der Waals surface area contributed by atoms with Crippen molar-refractivity contribution in [2.45, 2.75) is 12.8 Å². The van der Waals surface area contributed by atoms with Gasteiger partial charge in [0.15, 0.2) is 5.78 Å². The topological polar surface area (TPSA) is 80.5 Å². The molecule has 0 aromatic heterocycles. The second-order valence-corrected chi connectivity index (χ2v) is 6.10. The zero-order valence-electron chi connectivity index (χ0n) is 13.6. The molecule has 2 aromatic rings. The summed E-state index contributed by atoms with van der Waals surface area (Å²) in [6, 6.07) is 14.9. The van der Waals surface area contributed by atoms with Crippen molar-refractivity contribution in [2.75, 3.05) is 13.1 Å². The Balaban J connectivity index is 1.64. The molecule has 0 aliphatic carbocycles. The number of non-ortho nitro benzene ring substituents is 1. The van der Waals surface area contributed by atoms with Crippen molar-refractivity contribution in [3.63, 3.8) is 0 Å². The summed E-state index contributed by atoms with van der Waals surface area (Å²) in [5.74, 6) is -0.200. The molecule has 1 aliphatic rings. The van der Waals surface area contributed by atoms with Gasteiger partial charge in [-0.1, -0.05) is 36.4 Å². The van der Waals surface area contributed by atoms with Gasteiger partial charge in [-0.05, 0) is 18.9 Å². The lowest BCUT2D eigenvalue weighted by Crippen LogP contribution is -2.40. The van der Waals surface area contributed by atoms with E-state index in [2.05, 4.69) is 0 Å². The summed E-state index contributed by atoms with van der Waals surface area (Å²) in [6.45, 7) is 0.954. The zero-order valence-corrected chi connectivity index (χ0v) is 13.6. The molecule has 0 bridgehead atoms. The van der Waals surface area contributed by atoms with Gasteiger partial charge in [-0.25, -0.2) is 0 Å². The van der Waals surface area contributed by atoms with Gasteiger partial charge in [0.2, 0.25) is 0 Å². The summed E-state index contributed by atoms with van der Waals surface area (Å²) < 4.78 is 0. The summed E-state index contributed by atoms with van der Waals surface area (Å²) in [4.78, 5) is 37.0. The van der Waals surface area contributed by atoms with Crippen LogP contribution in [0, 0.1) is 16.0 Å². The number of hydrogen-bond donors (Lipinski definition) is 0. The van der Waals surface area contributed by atoms with Gasteiger partial charge in [0.25, 0.3) is 11.6 Å². The van der Waals surface area contributed by atoms with Gasteiger partial charge in [0.05, 0.1) is 4.92 Å². The van der Waals surface area contributed by atoms with Gasteiger partial charge in [-0.3, -0.25) is 19.7 Å². The molecule has 1 amide bonds. The van der Waals surface area contributed by atoms with Crippen LogP contribution in [0.4, 0.5) is 5.69 Å². The lowest BCUT2D eigenvalue weighted by molar-refractivity contribution is -0.384. The van der Waals surface area contributed by atoms with Crippen molar-refractivity contribution >= 4 is 17.4 Å². The molecule has 1 saturated heterocycles. The molecule has 25 heavy (non-hydrogen) atoms. The smallest absolute Gasteiger partial charge is 0.270 e. The van der Waals surface area contributed by atoms with E-state index in [1.54, 1.807) is 11.0 Å². The molecule has 2 aromatic carbocycles. The lowest BCUT2D eigenvalue weighted by atomic mass is 9.88. The average Bonchev–Trinajstić information content (AvgIpc) is 2.67. The van der Waals surface area contributed by atoms with Gasteiger partial charge in [-0.15, -0.1) is 0 Å². The molecule has 3 rings (SSSR count). The van der Waals surface area contributed by atoms with Crippen LogP contribution in [-0.2, 0) is 0 Å². The minimum absolute atomic E-state index is 0.0865. The number of amides is 1. The van der Waals surface area contributed by atoms with Crippen LogP contribution in [0.15, 0.2) is 54.6 Å². The molecule has 6 heteroatoms. The number of likely N-dealkylation sites (tertiary alicyclic amines) is 1. The first kappa shape index (κ1) is 16.8. The highest BCUT2D eigenvalue weighted by Crippen LogP contribution is 2.23. The summed E-state index contributed by atoms with van der Waals surface area (Å²) in [7, 11) is 0. The predicted molar refractivity (Wildman–Crippen MR) is 92.5 cm³/mol. The van der Waals surface area contributed by atoms with Crippen LogP contribution in [-0.4, -0.2) is 34.6 Å². The molecule has 0 spiro atoms. The number of hydrogen-bond acceptors (Lipinski definition) is 4. The highest BCUT2D eigenvalue weighted by atomic mass is 16.6. The number of ketones is 1. The Morgan fingerprint density at radius 1 is 0.960 bits per heavy atom. The number of carbonyl (C=O) groups is 2. The van der Waals surface area contributed by atoms with E-state index in [1.807, 2.05) is 30.3 Å². The number of benzene rings is 2. The van der Waals surface area contributed by atoms with Crippen LogP contribution in [0.1, 0.15) is 33.6 Å².